The summed E-state index contributed by atoms with van der Waals surface area (Å²) >= 11 is 0. The lowest BCUT2D eigenvalue weighted by atomic mass is 10.2. The van der Waals surface area contributed by atoms with Crippen molar-refractivity contribution < 1.29 is 9.59 Å². The Morgan fingerprint density at radius 1 is 1.28 bits per heavy atom. The molecule has 0 heterocycles. The van der Waals surface area contributed by atoms with Crippen molar-refractivity contribution in [1.82, 2.24) is 20.9 Å². The average Bonchev–Trinajstić information content (AvgIpc) is 2.78. The number of amides is 3. The van der Waals surface area contributed by atoms with Crippen LogP contribution >= 0.6 is 0 Å². The van der Waals surface area contributed by atoms with Gasteiger partial charge in [0, 0.05) is 19.1 Å². The highest BCUT2D eigenvalue weighted by Gasteiger charge is 2.18. The molecule has 18 heavy (non-hydrogen) atoms. The number of hydrogen-bond donors (Lipinski definition) is 3. The van der Waals surface area contributed by atoms with E-state index < -0.39 is 0 Å². The van der Waals surface area contributed by atoms with E-state index in [1.54, 1.807) is 0 Å². The lowest BCUT2D eigenvalue weighted by molar-refractivity contribution is -0.120. The zero-order valence-corrected chi connectivity index (χ0v) is 11.3. The van der Waals surface area contributed by atoms with Gasteiger partial charge >= 0.3 is 6.03 Å². The number of likely N-dealkylation sites (N-methyl/N-ethyl adjacent to an activating group) is 2. The summed E-state index contributed by atoms with van der Waals surface area (Å²) in [6.07, 6.45) is 4.35. The monoisotopic (exact) mass is 256 g/mol. The average molecular weight is 256 g/mol. The van der Waals surface area contributed by atoms with Crippen LogP contribution in [0.3, 0.4) is 0 Å². The molecule has 104 valence electrons. The second-order valence-corrected chi connectivity index (χ2v) is 4.84. The van der Waals surface area contributed by atoms with Gasteiger partial charge in [-0.1, -0.05) is 12.8 Å². The van der Waals surface area contributed by atoms with Crippen LogP contribution in [0.5, 0.6) is 0 Å². The maximum atomic E-state index is 11.6. The first-order valence-electron chi connectivity index (χ1n) is 6.55. The van der Waals surface area contributed by atoms with Gasteiger partial charge in [-0.05, 0) is 26.9 Å². The summed E-state index contributed by atoms with van der Waals surface area (Å²) in [5, 5.41) is 8.20. The SMILES string of the molecule is CNCCN(C)CC(=O)NC(=O)NC1CCCC1. The first-order valence-corrected chi connectivity index (χ1v) is 6.55. The largest absolute Gasteiger partial charge is 0.335 e. The molecule has 0 saturated heterocycles. The van der Waals surface area contributed by atoms with Crippen LogP contribution in [-0.4, -0.2) is 56.6 Å². The van der Waals surface area contributed by atoms with Crippen LogP contribution in [0.2, 0.25) is 0 Å². The predicted molar refractivity (Wildman–Crippen MR) is 70.4 cm³/mol. The standard InChI is InChI=1S/C12H24N4O2/c1-13-7-8-16(2)9-11(17)15-12(18)14-10-5-3-4-6-10/h10,13H,3-9H2,1-2H3,(H2,14,15,17,18). The fourth-order valence-electron chi connectivity index (χ4n) is 2.08. The number of imide groups is 1. The van der Waals surface area contributed by atoms with Crippen LogP contribution in [0.1, 0.15) is 25.7 Å². The lowest BCUT2D eigenvalue weighted by Gasteiger charge is -2.16. The number of urea groups is 1. The fourth-order valence-corrected chi connectivity index (χ4v) is 2.08. The van der Waals surface area contributed by atoms with E-state index in [1.807, 2.05) is 19.0 Å². The molecule has 0 radical (unpaired) electrons. The molecular weight excluding hydrogens is 232 g/mol. The molecule has 0 bridgehead atoms. The van der Waals surface area contributed by atoms with E-state index in [0.717, 1.165) is 38.8 Å². The molecule has 0 aromatic carbocycles. The molecule has 3 amide bonds. The number of nitrogens with zero attached hydrogens (tertiary/aromatic N) is 1. The summed E-state index contributed by atoms with van der Waals surface area (Å²) in [7, 11) is 3.72. The molecule has 0 aromatic heterocycles. The second kappa shape index (κ2) is 8.05. The van der Waals surface area contributed by atoms with E-state index in [0.29, 0.717) is 0 Å². The van der Waals surface area contributed by atoms with Gasteiger partial charge in [-0.25, -0.2) is 4.79 Å². The minimum Gasteiger partial charge on any atom is -0.335 e. The Morgan fingerprint density at radius 3 is 2.56 bits per heavy atom. The normalized spacial score (nSPS) is 15.9. The molecule has 1 fully saturated rings. The highest BCUT2D eigenvalue weighted by atomic mass is 16.2. The molecule has 0 atom stereocenters. The molecule has 1 saturated carbocycles. The number of nitrogens with one attached hydrogen (secondary N) is 3. The molecule has 0 aliphatic heterocycles. The molecule has 6 heteroatoms. The molecule has 0 spiro atoms. The molecular formula is C12H24N4O2. The van der Waals surface area contributed by atoms with Crippen LogP contribution in [0.15, 0.2) is 0 Å². The highest BCUT2D eigenvalue weighted by Crippen LogP contribution is 2.17. The third kappa shape index (κ3) is 5.97. The second-order valence-electron chi connectivity index (χ2n) is 4.84. The molecule has 1 aliphatic rings. The summed E-state index contributed by atoms with van der Waals surface area (Å²) in [4.78, 5) is 25.0. The first-order chi connectivity index (χ1) is 8.61. The van der Waals surface area contributed by atoms with Crippen LogP contribution in [-0.2, 0) is 4.79 Å². The van der Waals surface area contributed by atoms with E-state index in [1.165, 1.54) is 0 Å². The number of carbonyl (C=O) groups excluding carboxylic acids is 2. The van der Waals surface area contributed by atoms with Gasteiger partial charge < -0.3 is 10.6 Å². The van der Waals surface area contributed by atoms with Crippen LogP contribution in [0, 0.1) is 0 Å². The summed E-state index contributed by atoms with van der Waals surface area (Å²) in [6, 6.07) is -0.131. The molecule has 3 N–H and O–H groups in total. The third-order valence-corrected chi connectivity index (χ3v) is 3.10. The molecule has 0 aromatic rings. The van der Waals surface area contributed by atoms with Gasteiger partial charge in [0.25, 0.3) is 0 Å². The smallest absolute Gasteiger partial charge is 0.321 e. The van der Waals surface area contributed by atoms with Crippen molar-refractivity contribution in [2.24, 2.45) is 0 Å². The molecule has 0 unspecified atom stereocenters. The molecule has 6 nitrogen and oxygen atoms in total. The van der Waals surface area contributed by atoms with E-state index >= 15 is 0 Å². The number of hydrogen-bond acceptors (Lipinski definition) is 4. The topological polar surface area (TPSA) is 73.5 Å². The van der Waals surface area contributed by atoms with E-state index in [4.69, 9.17) is 0 Å². The van der Waals surface area contributed by atoms with Gasteiger partial charge in [0.1, 0.15) is 0 Å². The molecule has 1 rings (SSSR count). The maximum Gasteiger partial charge on any atom is 0.321 e. The third-order valence-electron chi connectivity index (χ3n) is 3.10. The van der Waals surface area contributed by atoms with Crippen LogP contribution in [0.4, 0.5) is 4.79 Å². The maximum absolute atomic E-state index is 11.6. The van der Waals surface area contributed by atoms with E-state index in [9.17, 15) is 9.59 Å². The Bertz CT molecular complexity index is 277. The first kappa shape index (κ1) is 14.9. The fraction of sp³-hybridized carbons (Fsp3) is 0.833. The summed E-state index contributed by atoms with van der Waals surface area (Å²) in [5.41, 5.74) is 0. The van der Waals surface area contributed by atoms with Gasteiger partial charge in [-0.15, -0.1) is 0 Å². The van der Waals surface area contributed by atoms with E-state index in [2.05, 4.69) is 16.0 Å². The van der Waals surface area contributed by atoms with Crippen molar-refractivity contribution in [2.75, 3.05) is 33.7 Å². The van der Waals surface area contributed by atoms with Gasteiger partial charge in [0.2, 0.25) is 5.91 Å². The van der Waals surface area contributed by atoms with Gasteiger partial charge in [0.05, 0.1) is 6.54 Å². The van der Waals surface area contributed by atoms with Crippen LogP contribution in [0.25, 0.3) is 0 Å². The predicted octanol–water partition coefficient (Wildman–Crippen LogP) is -0.0940. The minimum absolute atomic E-state index is 0.236. The minimum atomic E-state index is -0.367. The van der Waals surface area contributed by atoms with Crippen molar-refractivity contribution in [1.29, 1.82) is 0 Å². The Balaban J connectivity index is 2.16. The zero-order chi connectivity index (χ0) is 13.4. The zero-order valence-electron chi connectivity index (χ0n) is 11.3. The van der Waals surface area contributed by atoms with Crippen molar-refractivity contribution in [3.63, 3.8) is 0 Å². The number of rotatable bonds is 6. The van der Waals surface area contributed by atoms with Crippen molar-refractivity contribution >= 4 is 11.9 Å². The van der Waals surface area contributed by atoms with E-state index in [-0.39, 0.29) is 24.5 Å². The summed E-state index contributed by atoms with van der Waals surface area (Å²) < 4.78 is 0. The lowest BCUT2D eigenvalue weighted by Crippen LogP contribution is -2.47. The Labute approximate surface area is 108 Å². The van der Waals surface area contributed by atoms with Crippen molar-refractivity contribution in [3.05, 3.63) is 0 Å². The quantitative estimate of drug-likeness (QED) is 0.621. The van der Waals surface area contributed by atoms with Gasteiger partial charge in [-0.3, -0.25) is 15.0 Å². The van der Waals surface area contributed by atoms with Crippen molar-refractivity contribution in [3.8, 4) is 0 Å². The van der Waals surface area contributed by atoms with Gasteiger partial charge in [0.15, 0.2) is 0 Å². The Morgan fingerprint density at radius 2 is 1.94 bits per heavy atom. The summed E-state index contributed by atoms with van der Waals surface area (Å²) in [6.45, 7) is 1.83. The van der Waals surface area contributed by atoms with Crippen molar-refractivity contribution in [2.45, 2.75) is 31.7 Å². The number of carbonyl (C=O) groups is 2. The highest BCUT2D eigenvalue weighted by molar-refractivity contribution is 5.95. The van der Waals surface area contributed by atoms with Crippen LogP contribution < -0.4 is 16.0 Å². The Hall–Kier alpha value is -1.14. The summed E-state index contributed by atoms with van der Waals surface area (Å²) in [5.74, 6) is -0.260. The Kier molecular flexibility index (Phi) is 6.67. The van der Waals surface area contributed by atoms with Gasteiger partial charge in [-0.2, -0.15) is 0 Å². The molecule has 1 aliphatic carbocycles.